The Kier molecular flexibility index (Phi) is 11.0. The zero-order chi connectivity index (χ0) is 17.0. The maximum atomic E-state index is 4.39. The van der Waals surface area contributed by atoms with E-state index in [-0.39, 0.29) is 6.04 Å². The lowest BCUT2D eigenvalue weighted by molar-refractivity contribution is 0.485. The summed E-state index contributed by atoms with van der Waals surface area (Å²) in [5.41, 5.74) is 3.75. The molecular weight excluding hydrogens is 268 g/mol. The molecule has 2 rings (SSSR count). The number of pyridine rings is 1. The van der Waals surface area contributed by atoms with E-state index in [0.29, 0.717) is 6.04 Å². The summed E-state index contributed by atoms with van der Waals surface area (Å²) in [7, 11) is 0. The van der Waals surface area contributed by atoms with Crippen LogP contribution in [-0.4, -0.2) is 4.98 Å². The molecule has 0 aliphatic carbocycles. The van der Waals surface area contributed by atoms with Crippen LogP contribution in [-0.2, 0) is 0 Å². The molecule has 1 N–H and O–H groups in total. The van der Waals surface area contributed by atoms with Crippen molar-refractivity contribution in [3.63, 3.8) is 0 Å². The van der Waals surface area contributed by atoms with Crippen LogP contribution < -0.4 is 5.32 Å². The van der Waals surface area contributed by atoms with Crippen molar-refractivity contribution in [2.24, 2.45) is 0 Å². The van der Waals surface area contributed by atoms with Crippen molar-refractivity contribution in [3.05, 3.63) is 65.5 Å². The minimum Gasteiger partial charge on any atom is -0.302 e. The van der Waals surface area contributed by atoms with Crippen LogP contribution in [0.15, 0.2) is 48.7 Å². The number of nitrogens with zero attached hydrogens (tertiary/aromatic N) is 1. The van der Waals surface area contributed by atoms with Crippen molar-refractivity contribution in [2.75, 3.05) is 0 Å². The van der Waals surface area contributed by atoms with Crippen LogP contribution in [0.5, 0.6) is 0 Å². The Hall–Kier alpha value is -1.67. The van der Waals surface area contributed by atoms with Crippen LogP contribution in [0.4, 0.5) is 0 Å². The highest BCUT2D eigenvalue weighted by Crippen LogP contribution is 2.20. The smallest absolute Gasteiger partial charge is 0.0570 e. The minimum atomic E-state index is 0.251. The van der Waals surface area contributed by atoms with Gasteiger partial charge in [0.15, 0.2) is 0 Å². The molecule has 1 aromatic carbocycles. The summed E-state index contributed by atoms with van der Waals surface area (Å²) in [4.78, 5) is 4.39. The van der Waals surface area contributed by atoms with Crippen LogP contribution in [0, 0.1) is 6.92 Å². The van der Waals surface area contributed by atoms with Gasteiger partial charge in [-0.25, -0.2) is 0 Å². The summed E-state index contributed by atoms with van der Waals surface area (Å²) in [6.07, 6.45) is 1.84. The van der Waals surface area contributed by atoms with Crippen LogP contribution in [0.1, 0.15) is 70.4 Å². The number of nitrogens with one attached hydrogen (secondary N) is 1. The van der Waals surface area contributed by atoms with Crippen LogP contribution in [0.25, 0.3) is 0 Å². The minimum absolute atomic E-state index is 0.251. The van der Waals surface area contributed by atoms with E-state index >= 15 is 0 Å². The molecule has 0 amide bonds. The summed E-state index contributed by atoms with van der Waals surface area (Å²) in [5, 5.41) is 3.59. The van der Waals surface area contributed by atoms with Crippen molar-refractivity contribution in [3.8, 4) is 0 Å². The number of benzene rings is 1. The van der Waals surface area contributed by atoms with Crippen LogP contribution in [0.3, 0.4) is 0 Å². The first-order valence-corrected chi connectivity index (χ1v) is 8.41. The second-order valence-electron chi connectivity index (χ2n) is 4.72. The zero-order valence-electron chi connectivity index (χ0n) is 15.2. The Morgan fingerprint density at radius 2 is 1.41 bits per heavy atom. The quantitative estimate of drug-likeness (QED) is 0.765. The van der Waals surface area contributed by atoms with E-state index in [1.807, 2.05) is 46.0 Å². The second kappa shape index (κ2) is 11.9. The highest BCUT2D eigenvalue weighted by molar-refractivity contribution is 5.28. The predicted molar refractivity (Wildman–Crippen MR) is 98.1 cm³/mol. The highest BCUT2D eigenvalue weighted by atomic mass is 15.0. The fourth-order valence-electron chi connectivity index (χ4n) is 2.25. The predicted octanol–water partition coefficient (Wildman–Crippen LogP) is 5.85. The summed E-state index contributed by atoms with van der Waals surface area (Å²) in [6.45, 7) is 14.5. The summed E-state index contributed by atoms with van der Waals surface area (Å²) in [5.74, 6) is 0. The lowest BCUT2D eigenvalue weighted by Crippen LogP contribution is -2.23. The van der Waals surface area contributed by atoms with Crippen LogP contribution >= 0.6 is 0 Å². The largest absolute Gasteiger partial charge is 0.302 e. The van der Waals surface area contributed by atoms with Gasteiger partial charge in [0, 0.05) is 18.3 Å². The molecule has 2 unspecified atom stereocenters. The molecule has 0 radical (unpaired) electrons. The summed E-state index contributed by atoms with van der Waals surface area (Å²) < 4.78 is 0. The van der Waals surface area contributed by atoms with Gasteiger partial charge in [-0.05, 0) is 44.0 Å². The molecular formula is C20H32N2. The Morgan fingerprint density at radius 1 is 0.818 bits per heavy atom. The Balaban J connectivity index is 0.00000102. The van der Waals surface area contributed by atoms with Crippen molar-refractivity contribution < 1.29 is 0 Å². The number of hydrogen-bond donors (Lipinski definition) is 1. The van der Waals surface area contributed by atoms with Gasteiger partial charge in [0.2, 0.25) is 0 Å². The highest BCUT2D eigenvalue weighted by Gasteiger charge is 2.12. The fourth-order valence-corrected chi connectivity index (χ4v) is 2.25. The molecule has 0 fully saturated rings. The molecule has 1 aromatic heterocycles. The molecule has 122 valence electrons. The summed E-state index contributed by atoms with van der Waals surface area (Å²) in [6, 6.07) is 15.1. The average Bonchev–Trinajstić information content (AvgIpc) is 2.59. The van der Waals surface area contributed by atoms with Gasteiger partial charge in [0.05, 0.1) is 5.69 Å². The number of aromatic nitrogens is 1. The lowest BCUT2D eigenvalue weighted by atomic mass is 10.0. The third-order valence-corrected chi connectivity index (χ3v) is 3.29. The number of hydrogen-bond acceptors (Lipinski definition) is 2. The number of aryl methyl sites for hydroxylation is 1. The Labute approximate surface area is 137 Å². The lowest BCUT2D eigenvalue weighted by Gasteiger charge is -2.21. The molecule has 2 nitrogen and oxygen atoms in total. The first-order valence-electron chi connectivity index (χ1n) is 8.41. The second-order valence-corrected chi connectivity index (χ2v) is 4.72. The van der Waals surface area contributed by atoms with E-state index in [4.69, 9.17) is 0 Å². The maximum Gasteiger partial charge on any atom is 0.0570 e. The summed E-state index contributed by atoms with van der Waals surface area (Å²) >= 11 is 0. The van der Waals surface area contributed by atoms with E-state index in [1.165, 1.54) is 11.1 Å². The molecule has 0 spiro atoms. The monoisotopic (exact) mass is 300 g/mol. The van der Waals surface area contributed by atoms with Gasteiger partial charge in [-0.3, -0.25) is 4.98 Å². The molecule has 0 saturated heterocycles. The normalized spacial score (nSPS) is 12.1. The van der Waals surface area contributed by atoms with E-state index < -0.39 is 0 Å². The van der Waals surface area contributed by atoms with E-state index in [9.17, 15) is 0 Å². The van der Waals surface area contributed by atoms with Crippen molar-refractivity contribution >= 4 is 0 Å². The van der Waals surface area contributed by atoms with Gasteiger partial charge in [-0.1, -0.05) is 58.0 Å². The van der Waals surface area contributed by atoms with E-state index in [1.54, 1.807) is 0 Å². The number of rotatable bonds is 4. The van der Waals surface area contributed by atoms with Crippen molar-refractivity contribution in [2.45, 2.75) is 60.5 Å². The zero-order valence-corrected chi connectivity index (χ0v) is 15.2. The molecule has 22 heavy (non-hydrogen) atoms. The van der Waals surface area contributed by atoms with Gasteiger partial charge < -0.3 is 5.32 Å². The Morgan fingerprint density at radius 3 is 1.95 bits per heavy atom. The van der Waals surface area contributed by atoms with E-state index in [0.717, 1.165) is 5.69 Å². The molecule has 0 saturated carbocycles. The first-order chi connectivity index (χ1) is 10.7. The fraction of sp³-hybridized carbons (Fsp3) is 0.450. The first kappa shape index (κ1) is 20.3. The van der Waals surface area contributed by atoms with Gasteiger partial charge in [0.1, 0.15) is 0 Å². The van der Waals surface area contributed by atoms with Gasteiger partial charge in [-0.2, -0.15) is 0 Å². The SMILES string of the molecule is CC.CC.Cc1ccccc1C(C)NC(C)c1ccccn1. The van der Waals surface area contributed by atoms with Crippen molar-refractivity contribution in [1.29, 1.82) is 0 Å². The molecule has 0 aliphatic heterocycles. The van der Waals surface area contributed by atoms with Crippen LogP contribution in [0.2, 0.25) is 0 Å². The average molecular weight is 300 g/mol. The molecule has 1 heterocycles. The molecule has 2 heteroatoms. The van der Waals surface area contributed by atoms with Gasteiger partial charge in [-0.15, -0.1) is 0 Å². The third-order valence-electron chi connectivity index (χ3n) is 3.29. The molecule has 2 aromatic rings. The van der Waals surface area contributed by atoms with Gasteiger partial charge in [0.25, 0.3) is 0 Å². The Bertz CT molecular complexity index is 494. The van der Waals surface area contributed by atoms with Crippen molar-refractivity contribution in [1.82, 2.24) is 10.3 Å². The molecule has 0 bridgehead atoms. The van der Waals surface area contributed by atoms with E-state index in [2.05, 4.69) is 61.4 Å². The topological polar surface area (TPSA) is 24.9 Å². The molecule has 2 atom stereocenters. The maximum absolute atomic E-state index is 4.39. The van der Waals surface area contributed by atoms with Gasteiger partial charge >= 0.3 is 0 Å². The molecule has 0 aliphatic rings. The third kappa shape index (κ3) is 6.40. The standard InChI is InChI=1S/C16H20N2.2C2H6/c1-12-8-4-5-9-15(12)13(2)18-14(3)16-10-6-7-11-17-16;2*1-2/h4-11,13-14,18H,1-3H3;2*1-2H3.